The number of carbonyl (C=O) groups excluding carboxylic acids is 1. The molecule has 2 heterocycles. The molecular formula is C16H17ClFN3O. The Labute approximate surface area is 133 Å². The van der Waals surface area contributed by atoms with Gasteiger partial charge in [0.25, 0.3) is 5.91 Å². The summed E-state index contributed by atoms with van der Waals surface area (Å²) in [5, 5.41) is 4.53. The zero-order chi connectivity index (χ0) is 15.7. The largest absolute Gasteiger partial charge is 0.337 e. The standard InChI is InChI=1S/C16H17ClFN3O/c1-20-14(5-8-19-20)15(22)21-9-6-16(18,7-10-21)12-3-2-4-13(17)11-12/h2-5,8,11H,6-7,9-10H2,1H3. The SMILES string of the molecule is Cn1nccc1C(=O)N1CCC(F)(c2cccc(Cl)c2)CC1. The number of aryl methyl sites for hydroxylation is 1. The van der Waals surface area contributed by atoms with Crippen LogP contribution in [0.4, 0.5) is 4.39 Å². The molecule has 22 heavy (non-hydrogen) atoms. The highest BCUT2D eigenvalue weighted by atomic mass is 35.5. The maximum Gasteiger partial charge on any atom is 0.272 e. The topological polar surface area (TPSA) is 38.1 Å². The molecule has 3 rings (SSSR count). The summed E-state index contributed by atoms with van der Waals surface area (Å²) in [6, 6.07) is 8.59. The molecule has 1 aromatic carbocycles. The van der Waals surface area contributed by atoms with Crippen molar-refractivity contribution in [2.24, 2.45) is 7.05 Å². The maximum atomic E-state index is 15.1. The molecule has 0 aliphatic carbocycles. The van der Waals surface area contributed by atoms with E-state index in [1.165, 1.54) is 4.68 Å². The molecule has 2 aromatic rings. The molecule has 0 atom stereocenters. The van der Waals surface area contributed by atoms with Gasteiger partial charge in [0.15, 0.2) is 0 Å². The van der Waals surface area contributed by atoms with E-state index in [2.05, 4.69) is 5.10 Å². The van der Waals surface area contributed by atoms with Gasteiger partial charge in [-0.05, 0) is 23.8 Å². The van der Waals surface area contributed by atoms with Gasteiger partial charge in [0.05, 0.1) is 0 Å². The predicted octanol–water partition coefficient (Wildman–Crippen LogP) is 3.17. The van der Waals surface area contributed by atoms with Crippen molar-refractivity contribution < 1.29 is 9.18 Å². The lowest BCUT2D eigenvalue weighted by Gasteiger charge is -2.36. The second kappa shape index (κ2) is 5.72. The highest BCUT2D eigenvalue weighted by molar-refractivity contribution is 6.30. The van der Waals surface area contributed by atoms with Crippen LogP contribution < -0.4 is 0 Å². The molecule has 1 fully saturated rings. The summed E-state index contributed by atoms with van der Waals surface area (Å²) in [7, 11) is 1.72. The van der Waals surface area contributed by atoms with Crippen LogP contribution in [0.2, 0.25) is 5.02 Å². The third-order valence-electron chi connectivity index (χ3n) is 4.23. The molecule has 0 bridgehead atoms. The molecule has 1 amide bonds. The summed E-state index contributed by atoms with van der Waals surface area (Å²) in [6.45, 7) is 0.764. The maximum absolute atomic E-state index is 15.1. The minimum Gasteiger partial charge on any atom is -0.337 e. The Hall–Kier alpha value is -1.88. The minimum absolute atomic E-state index is 0.104. The summed E-state index contributed by atoms with van der Waals surface area (Å²) >= 11 is 5.95. The first kappa shape index (κ1) is 15.0. The van der Waals surface area contributed by atoms with E-state index in [9.17, 15) is 4.79 Å². The van der Waals surface area contributed by atoms with Gasteiger partial charge in [0.2, 0.25) is 0 Å². The number of likely N-dealkylation sites (tertiary alicyclic amines) is 1. The van der Waals surface area contributed by atoms with Gasteiger partial charge in [-0.25, -0.2) is 4.39 Å². The number of benzene rings is 1. The van der Waals surface area contributed by atoms with Crippen LogP contribution in [0.5, 0.6) is 0 Å². The fraction of sp³-hybridized carbons (Fsp3) is 0.375. The second-order valence-electron chi connectivity index (χ2n) is 5.61. The van der Waals surface area contributed by atoms with Crippen LogP contribution in [0.1, 0.15) is 28.9 Å². The number of piperidine rings is 1. The van der Waals surface area contributed by atoms with E-state index in [0.29, 0.717) is 29.4 Å². The Kier molecular flexibility index (Phi) is 3.91. The molecular weight excluding hydrogens is 305 g/mol. The molecule has 0 unspecified atom stereocenters. The molecule has 6 heteroatoms. The number of nitrogens with zero attached hydrogens (tertiary/aromatic N) is 3. The summed E-state index contributed by atoms with van der Waals surface area (Å²) in [5.74, 6) is -0.104. The Balaban J connectivity index is 1.72. The summed E-state index contributed by atoms with van der Waals surface area (Å²) in [4.78, 5) is 14.1. The van der Waals surface area contributed by atoms with Crippen molar-refractivity contribution in [1.82, 2.24) is 14.7 Å². The fourth-order valence-electron chi connectivity index (χ4n) is 2.87. The quantitative estimate of drug-likeness (QED) is 0.852. The predicted molar refractivity (Wildman–Crippen MR) is 82.6 cm³/mol. The minimum atomic E-state index is -1.42. The van der Waals surface area contributed by atoms with Gasteiger partial charge in [-0.1, -0.05) is 23.7 Å². The van der Waals surface area contributed by atoms with Crippen molar-refractivity contribution >= 4 is 17.5 Å². The van der Waals surface area contributed by atoms with E-state index >= 15 is 4.39 Å². The van der Waals surface area contributed by atoms with Crippen molar-refractivity contribution in [2.75, 3.05) is 13.1 Å². The number of amides is 1. The van der Waals surface area contributed by atoms with E-state index in [0.717, 1.165) is 0 Å². The highest BCUT2D eigenvalue weighted by Crippen LogP contribution is 2.38. The molecule has 0 N–H and O–H groups in total. The Morgan fingerprint density at radius 2 is 2.05 bits per heavy atom. The Morgan fingerprint density at radius 3 is 2.64 bits per heavy atom. The van der Waals surface area contributed by atoms with E-state index < -0.39 is 5.67 Å². The Bertz CT molecular complexity index is 692. The van der Waals surface area contributed by atoms with Crippen molar-refractivity contribution in [3.63, 3.8) is 0 Å². The van der Waals surface area contributed by atoms with E-state index in [4.69, 9.17) is 11.6 Å². The van der Waals surface area contributed by atoms with Crippen LogP contribution in [0.15, 0.2) is 36.5 Å². The zero-order valence-electron chi connectivity index (χ0n) is 12.3. The number of alkyl halides is 1. The van der Waals surface area contributed by atoms with Crippen LogP contribution in [-0.2, 0) is 12.7 Å². The van der Waals surface area contributed by atoms with Gasteiger partial charge < -0.3 is 4.90 Å². The van der Waals surface area contributed by atoms with Crippen LogP contribution in [-0.4, -0.2) is 33.7 Å². The van der Waals surface area contributed by atoms with Crippen molar-refractivity contribution in [3.05, 3.63) is 52.8 Å². The first-order valence-electron chi connectivity index (χ1n) is 7.22. The smallest absolute Gasteiger partial charge is 0.272 e. The number of halogens is 2. The number of hydrogen-bond donors (Lipinski definition) is 0. The lowest BCUT2D eigenvalue weighted by molar-refractivity contribution is 0.0413. The number of carbonyl (C=O) groups is 1. The van der Waals surface area contributed by atoms with Gasteiger partial charge >= 0.3 is 0 Å². The number of aromatic nitrogens is 2. The monoisotopic (exact) mass is 321 g/mol. The zero-order valence-corrected chi connectivity index (χ0v) is 13.1. The number of rotatable bonds is 2. The average molecular weight is 322 g/mol. The summed E-state index contributed by atoms with van der Waals surface area (Å²) in [6.07, 6.45) is 2.14. The molecule has 116 valence electrons. The van der Waals surface area contributed by atoms with Crippen molar-refractivity contribution in [3.8, 4) is 0 Å². The van der Waals surface area contributed by atoms with E-state index in [-0.39, 0.29) is 18.7 Å². The lowest BCUT2D eigenvalue weighted by Crippen LogP contribution is -2.43. The molecule has 1 aromatic heterocycles. The van der Waals surface area contributed by atoms with Gasteiger partial charge in [0.1, 0.15) is 11.4 Å². The van der Waals surface area contributed by atoms with E-state index in [1.54, 1.807) is 48.5 Å². The molecule has 4 nitrogen and oxygen atoms in total. The second-order valence-corrected chi connectivity index (χ2v) is 6.04. The first-order valence-corrected chi connectivity index (χ1v) is 7.60. The third kappa shape index (κ3) is 2.73. The average Bonchev–Trinajstić information content (AvgIpc) is 2.93. The normalized spacial score (nSPS) is 17.5. The third-order valence-corrected chi connectivity index (χ3v) is 4.46. The lowest BCUT2D eigenvalue weighted by atomic mass is 9.86. The van der Waals surface area contributed by atoms with Crippen LogP contribution in [0.3, 0.4) is 0 Å². The van der Waals surface area contributed by atoms with Gasteiger partial charge in [-0.3, -0.25) is 9.48 Å². The highest BCUT2D eigenvalue weighted by Gasteiger charge is 2.38. The fourth-order valence-corrected chi connectivity index (χ4v) is 3.06. The van der Waals surface area contributed by atoms with Crippen molar-refractivity contribution in [2.45, 2.75) is 18.5 Å². The number of hydrogen-bond acceptors (Lipinski definition) is 2. The van der Waals surface area contributed by atoms with Gasteiger partial charge in [-0.2, -0.15) is 5.10 Å². The van der Waals surface area contributed by atoms with Crippen LogP contribution >= 0.6 is 11.6 Å². The Morgan fingerprint density at radius 1 is 1.32 bits per heavy atom. The molecule has 0 spiro atoms. The molecule has 0 radical (unpaired) electrons. The van der Waals surface area contributed by atoms with Crippen LogP contribution in [0.25, 0.3) is 0 Å². The summed E-state index contributed by atoms with van der Waals surface area (Å²) in [5.41, 5.74) is -0.310. The van der Waals surface area contributed by atoms with Gasteiger partial charge in [-0.15, -0.1) is 0 Å². The van der Waals surface area contributed by atoms with Crippen molar-refractivity contribution in [1.29, 1.82) is 0 Å². The molecule has 1 aliphatic rings. The first-order chi connectivity index (χ1) is 10.5. The van der Waals surface area contributed by atoms with Gasteiger partial charge in [0, 0.05) is 44.2 Å². The van der Waals surface area contributed by atoms with Crippen LogP contribution in [0, 0.1) is 0 Å². The molecule has 1 aliphatic heterocycles. The van der Waals surface area contributed by atoms with E-state index in [1.807, 2.05) is 0 Å². The molecule has 1 saturated heterocycles. The molecule has 0 saturated carbocycles. The summed E-state index contributed by atoms with van der Waals surface area (Å²) < 4.78 is 16.7.